The zero-order chi connectivity index (χ0) is 12.7. The molecule has 3 aliphatic carbocycles. The molecule has 4 heteroatoms. The average Bonchev–Trinajstić information content (AvgIpc) is 3.04. The third-order valence-electron chi connectivity index (χ3n) is 5.24. The first-order chi connectivity index (χ1) is 8.65. The highest BCUT2D eigenvalue weighted by Crippen LogP contribution is 2.44. The monoisotopic (exact) mass is 251 g/mol. The van der Waals surface area contributed by atoms with Crippen LogP contribution >= 0.6 is 0 Å². The molecule has 3 fully saturated rings. The zero-order valence-corrected chi connectivity index (χ0v) is 10.6. The Balaban J connectivity index is 1.59. The second kappa shape index (κ2) is 4.56. The van der Waals surface area contributed by atoms with E-state index >= 15 is 0 Å². The second-order valence-corrected chi connectivity index (χ2v) is 6.27. The lowest BCUT2D eigenvalue weighted by Crippen LogP contribution is -2.43. The summed E-state index contributed by atoms with van der Waals surface area (Å²) < 4.78 is 0. The molecule has 0 spiro atoms. The molecule has 0 aromatic rings. The van der Waals surface area contributed by atoms with Gasteiger partial charge >= 0.3 is 5.97 Å². The third-order valence-corrected chi connectivity index (χ3v) is 5.24. The van der Waals surface area contributed by atoms with Crippen LogP contribution in [-0.4, -0.2) is 23.0 Å². The summed E-state index contributed by atoms with van der Waals surface area (Å²) in [6, 6.07) is 0.325. The number of rotatable bonds is 3. The lowest BCUT2D eigenvalue weighted by Gasteiger charge is -2.25. The van der Waals surface area contributed by atoms with Crippen molar-refractivity contribution < 1.29 is 14.7 Å². The van der Waals surface area contributed by atoms with Crippen LogP contribution < -0.4 is 5.32 Å². The lowest BCUT2D eigenvalue weighted by molar-refractivity contribution is -0.146. The summed E-state index contributed by atoms with van der Waals surface area (Å²) in [5.74, 6) is -0.0916. The van der Waals surface area contributed by atoms with Gasteiger partial charge in [-0.25, -0.2) is 0 Å². The van der Waals surface area contributed by atoms with Gasteiger partial charge in [0, 0.05) is 6.04 Å². The SMILES string of the molecule is O=C(O)[C@H]1CCC[C@H]1C(=O)NC1CC2CCC1C2. The normalized spacial score (nSPS) is 42.1. The molecule has 100 valence electrons. The lowest BCUT2D eigenvalue weighted by atomic mass is 9.92. The fourth-order valence-electron chi connectivity index (χ4n) is 4.28. The smallest absolute Gasteiger partial charge is 0.307 e. The number of carbonyl (C=O) groups excluding carboxylic acids is 1. The predicted octanol–water partition coefficient (Wildman–Crippen LogP) is 1.79. The molecule has 0 radical (unpaired) electrons. The van der Waals surface area contributed by atoms with E-state index in [1.54, 1.807) is 0 Å². The van der Waals surface area contributed by atoms with Gasteiger partial charge in [-0.3, -0.25) is 9.59 Å². The first kappa shape index (κ1) is 12.0. The number of hydrogen-bond acceptors (Lipinski definition) is 2. The minimum Gasteiger partial charge on any atom is -0.481 e. The Bertz CT molecular complexity index is 368. The topological polar surface area (TPSA) is 66.4 Å². The number of fused-ring (bicyclic) bond motifs is 2. The quantitative estimate of drug-likeness (QED) is 0.803. The summed E-state index contributed by atoms with van der Waals surface area (Å²) in [5.41, 5.74) is 0. The Kier molecular flexibility index (Phi) is 3.04. The Morgan fingerprint density at radius 3 is 2.39 bits per heavy atom. The van der Waals surface area contributed by atoms with Crippen molar-refractivity contribution in [2.24, 2.45) is 23.7 Å². The molecule has 3 saturated carbocycles. The van der Waals surface area contributed by atoms with Crippen molar-refractivity contribution in [1.82, 2.24) is 5.32 Å². The zero-order valence-electron chi connectivity index (χ0n) is 10.6. The van der Waals surface area contributed by atoms with Gasteiger partial charge in [0.15, 0.2) is 0 Å². The molecular weight excluding hydrogens is 230 g/mol. The van der Waals surface area contributed by atoms with Crippen molar-refractivity contribution in [3.63, 3.8) is 0 Å². The summed E-state index contributed by atoms with van der Waals surface area (Å²) in [6.45, 7) is 0. The van der Waals surface area contributed by atoms with Crippen LogP contribution in [-0.2, 0) is 9.59 Å². The molecule has 0 aromatic heterocycles. The standard InChI is InChI=1S/C14H21NO3/c16-13(10-2-1-3-11(10)14(17)18)15-12-7-8-4-5-9(12)6-8/h8-12H,1-7H2,(H,15,16)(H,17,18)/t8?,9?,10-,11+,12?/m1/s1. The van der Waals surface area contributed by atoms with E-state index in [4.69, 9.17) is 5.11 Å². The molecular formula is C14H21NO3. The summed E-state index contributed by atoms with van der Waals surface area (Å²) in [5, 5.41) is 12.3. The van der Waals surface area contributed by atoms with Crippen molar-refractivity contribution in [1.29, 1.82) is 0 Å². The molecule has 1 amide bonds. The van der Waals surface area contributed by atoms with Crippen molar-refractivity contribution >= 4 is 11.9 Å². The number of carboxylic acids is 1. The van der Waals surface area contributed by atoms with Crippen molar-refractivity contribution in [2.75, 3.05) is 0 Å². The molecule has 3 aliphatic rings. The number of aliphatic carboxylic acids is 1. The maximum atomic E-state index is 12.2. The maximum Gasteiger partial charge on any atom is 0.307 e. The predicted molar refractivity (Wildman–Crippen MR) is 65.8 cm³/mol. The van der Waals surface area contributed by atoms with E-state index in [9.17, 15) is 9.59 Å². The van der Waals surface area contributed by atoms with E-state index in [1.807, 2.05) is 0 Å². The third kappa shape index (κ3) is 2.02. The van der Waals surface area contributed by atoms with Gasteiger partial charge in [0.05, 0.1) is 11.8 Å². The first-order valence-electron chi connectivity index (χ1n) is 7.18. The van der Waals surface area contributed by atoms with Crippen LogP contribution in [0.25, 0.3) is 0 Å². The molecule has 3 rings (SSSR count). The minimum absolute atomic E-state index is 0.00236. The number of nitrogens with one attached hydrogen (secondary N) is 1. The number of hydrogen-bond donors (Lipinski definition) is 2. The molecule has 0 aliphatic heterocycles. The largest absolute Gasteiger partial charge is 0.481 e. The minimum atomic E-state index is -0.805. The molecule has 3 unspecified atom stereocenters. The van der Waals surface area contributed by atoms with Crippen molar-refractivity contribution in [2.45, 2.75) is 51.0 Å². The summed E-state index contributed by atoms with van der Waals surface area (Å²) in [7, 11) is 0. The number of carboxylic acid groups (broad SMARTS) is 1. The average molecular weight is 251 g/mol. The Hall–Kier alpha value is -1.06. The van der Waals surface area contributed by atoms with Crippen LogP contribution in [0.1, 0.15) is 44.9 Å². The van der Waals surface area contributed by atoms with Crippen LogP contribution in [0.4, 0.5) is 0 Å². The van der Waals surface area contributed by atoms with Crippen LogP contribution in [0.3, 0.4) is 0 Å². The second-order valence-electron chi connectivity index (χ2n) is 6.27. The fourth-order valence-corrected chi connectivity index (χ4v) is 4.28. The molecule has 5 atom stereocenters. The van der Waals surface area contributed by atoms with Crippen molar-refractivity contribution in [3.05, 3.63) is 0 Å². The van der Waals surface area contributed by atoms with Crippen LogP contribution in [0.2, 0.25) is 0 Å². The summed E-state index contributed by atoms with van der Waals surface area (Å²) in [4.78, 5) is 23.3. The Labute approximate surface area is 107 Å². The molecule has 0 heterocycles. The van der Waals surface area contributed by atoms with E-state index in [0.29, 0.717) is 18.4 Å². The molecule has 0 aromatic carbocycles. The van der Waals surface area contributed by atoms with Gasteiger partial charge in [-0.2, -0.15) is 0 Å². The van der Waals surface area contributed by atoms with Crippen LogP contribution in [0.15, 0.2) is 0 Å². The molecule has 4 nitrogen and oxygen atoms in total. The van der Waals surface area contributed by atoms with Crippen LogP contribution in [0.5, 0.6) is 0 Å². The summed E-state index contributed by atoms with van der Waals surface area (Å²) in [6.07, 6.45) is 7.19. The Morgan fingerprint density at radius 2 is 1.78 bits per heavy atom. The molecule has 0 saturated heterocycles. The molecule has 18 heavy (non-hydrogen) atoms. The van der Waals surface area contributed by atoms with Gasteiger partial charge in [0.1, 0.15) is 0 Å². The number of amides is 1. The van der Waals surface area contributed by atoms with E-state index in [-0.39, 0.29) is 11.8 Å². The summed E-state index contributed by atoms with van der Waals surface area (Å²) >= 11 is 0. The van der Waals surface area contributed by atoms with E-state index in [1.165, 1.54) is 19.3 Å². The highest BCUT2D eigenvalue weighted by Gasteiger charge is 2.43. The van der Waals surface area contributed by atoms with Gasteiger partial charge in [0.25, 0.3) is 0 Å². The molecule has 2 N–H and O–H groups in total. The highest BCUT2D eigenvalue weighted by molar-refractivity contribution is 5.85. The number of carbonyl (C=O) groups is 2. The van der Waals surface area contributed by atoms with E-state index in [2.05, 4.69) is 5.32 Å². The first-order valence-corrected chi connectivity index (χ1v) is 7.18. The van der Waals surface area contributed by atoms with Gasteiger partial charge in [0.2, 0.25) is 5.91 Å². The molecule has 2 bridgehead atoms. The fraction of sp³-hybridized carbons (Fsp3) is 0.857. The van der Waals surface area contributed by atoms with Gasteiger partial charge in [-0.1, -0.05) is 12.8 Å². The van der Waals surface area contributed by atoms with Gasteiger partial charge < -0.3 is 10.4 Å². The van der Waals surface area contributed by atoms with Gasteiger partial charge in [-0.15, -0.1) is 0 Å². The maximum absolute atomic E-state index is 12.2. The highest BCUT2D eigenvalue weighted by atomic mass is 16.4. The van der Waals surface area contributed by atoms with Crippen LogP contribution in [0, 0.1) is 23.7 Å². The van der Waals surface area contributed by atoms with E-state index < -0.39 is 11.9 Å². The Morgan fingerprint density at radius 1 is 1.00 bits per heavy atom. The van der Waals surface area contributed by atoms with Gasteiger partial charge in [-0.05, 0) is 43.9 Å². The van der Waals surface area contributed by atoms with E-state index in [0.717, 1.165) is 25.2 Å². The van der Waals surface area contributed by atoms with Crippen molar-refractivity contribution in [3.8, 4) is 0 Å².